The highest BCUT2D eigenvalue weighted by Crippen LogP contribution is 2.25. The lowest BCUT2D eigenvalue weighted by Crippen LogP contribution is -2.35. The molecule has 0 aliphatic heterocycles. The van der Waals surface area contributed by atoms with Crippen molar-refractivity contribution in [1.82, 2.24) is 5.27 Å². The Bertz CT molecular complexity index is 786. The first-order valence-corrected chi connectivity index (χ1v) is 7.98. The summed E-state index contributed by atoms with van der Waals surface area (Å²) in [5, 5.41) is 4.58. The highest BCUT2D eigenvalue weighted by molar-refractivity contribution is 8.00. The second kappa shape index (κ2) is 7.64. The lowest BCUT2D eigenvalue weighted by molar-refractivity contribution is -0.772. The Morgan fingerprint density at radius 3 is 2.52 bits per heavy atom. The molecule has 25 heavy (non-hydrogen) atoms. The van der Waals surface area contributed by atoms with Crippen LogP contribution in [0.5, 0.6) is 5.75 Å². The number of hydrogen-bond acceptors (Lipinski definition) is 5. The Hall–Kier alpha value is -2.43. The Morgan fingerprint density at radius 1 is 1.40 bits per heavy atom. The van der Waals surface area contributed by atoms with Crippen molar-refractivity contribution in [2.24, 2.45) is 7.05 Å². The number of amides is 1. The van der Waals surface area contributed by atoms with Crippen molar-refractivity contribution in [2.45, 2.75) is 30.0 Å². The summed E-state index contributed by atoms with van der Waals surface area (Å²) in [4.78, 5) is 23.9. The van der Waals surface area contributed by atoms with Crippen molar-refractivity contribution in [3.63, 3.8) is 0 Å². The number of alkyl halides is 3. The Labute approximate surface area is 144 Å². The van der Waals surface area contributed by atoms with Crippen molar-refractivity contribution in [1.29, 1.82) is 0 Å². The van der Waals surface area contributed by atoms with Crippen LogP contribution in [-0.2, 0) is 11.8 Å². The van der Waals surface area contributed by atoms with Gasteiger partial charge in [-0.05, 0) is 47.7 Å². The van der Waals surface area contributed by atoms with Crippen LogP contribution < -0.4 is 20.4 Å². The lowest BCUT2D eigenvalue weighted by Gasteiger charge is -2.13. The molecule has 7 nitrogen and oxygen atoms in total. The maximum Gasteiger partial charge on any atom is 0.573 e. The van der Waals surface area contributed by atoms with E-state index >= 15 is 0 Å². The van der Waals surface area contributed by atoms with Crippen molar-refractivity contribution < 1.29 is 31.9 Å². The second-order valence-electron chi connectivity index (χ2n) is 4.92. The number of nitrogens with one attached hydrogen (secondary N) is 2. The molecular weight excluding hydrogens is 363 g/mol. The van der Waals surface area contributed by atoms with Gasteiger partial charge in [0.05, 0.1) is 5.25 Å². The SMILES string of the molecule is CCC(Sc1c(=O)o[nH][n+]1C)C(=O)Nc1ccc(OC(F)(F)F)cc1. The first-order chi connectivity index (χ1) is 11.7. The van der Waals surface area contributed by atoms with E-state index in [4.69, 9.17) is 0 Å². The summed E-state index contributed by atoms with van der Waals surface area (Å²) in [6, 6.07) is 4.78. The molecule has 0 spiro atoms. The third kappa shape index (κ3) is 5.28. The van der Waals surface area contributed by atoms with E-state index in [9.17, 15) is 22.8 Å². The van der Waals surface area contributed by atoms with Crippen LogP contribution in [0.25, 0.3) is 0 Å². The van der Waals surface area contributed by atoms with Crippen molar-refractivity contribution in [2.75, 3.05) is 5.32 Å². The van der Waals surface area contributed by atoms with E-state index in [2.05, 4.69) is 19.8 Å². The fourth-order valence-electron chi connectivity index (χ4n) is 1.88. The molecule has 1 atom stereocenters. The number of nitrogens with zero attached hydrogens (tertiary/aromatic N) is 1. The van der Waals surface area contributed by atoms with Crippen LogP contribution in [0.3, 0.4) is 0 Å². The molecule has 1 aromatic carbocycles. The predicted octanol–water partition coefficient (Wildman–Crippen LogP) is 2.20. The summed E-state index contributed by atoms with van der Waals surface area (Å²) >= 11 is 1.03. The van der Waals surface area contributed by atoms with Gasteiger partial charge in [0.15, 0.2) is 7.05 Å². The van der Waals surface area contributed by atoms with Gasteiger partial charge >= 0.3 is 17.0 Å². The Balaban J connectivity index is 2.03. The van der Waals surface area contributed by atoms with E-state index in [1.54, 1.807) is 14.0 Å². The molecule has 1 unspecified atom stereocenters. The molecule has 2 rings (SSSR count). The van der Waals surface area contributed by atoms with E-state index in [1.807, 2.05) is 0 Å². The number of anilines is 1. The van der Waals surface area contributed by atoms with E-state index in [0.717, 1.165) is 23.9 Å². The fourth-order valence-corrected chi connectivity index (χ4v) is 2.81. The first-order valence-electron chi connectivity index (χ1n) is 7.10. The summed E-state index contributed by atoms with van der Waals surface area (Å²) < 4.78 is 46.1. The number of H-pyrrole nitrogens is 1. The zero-order valence-corrected chi connectivity index (χ0v) is 14.0. The number of carbonyl (C=O) groups excluding carboxylic acids is 1. The van der Waals surface area contributed by atoms with E-state index in [1.165, 1.54) is 16.8 Å². The van der Waals surface area contributed by atoms with Crippen LogP contribution in [0.15, 0.2) is 38.6 Å². The molecule has 2 N–H and O–H groups in total. The van der Waals surface area contributed by atoms with Gasteiger partial charge in [0.2, 0.25) is 5.91 Å². The monoisotopic (exact) mass is 378 g/mol. The van der Waals surface area contributed by atoms with Crippen molar-refractivity contribution >= 4 is 23.4 Å². The van der Waals surface area contributed by atoms with Gasteiger partial charge in [-0.1, -0.05) is 11.6 Å². The molecule has 0 aliphatic carbocycles. The number of carbonyl (C=O) groups is 1. The van der Waals surface area contributed by atoms with Crippen LogP contribution in [0.4, 0.5) is 18.9 Å². The van der Waals surface area contributed by atoms with Crippen LogP contribution in [0.2, 0.25) is 0 Å². The summed E-state index contributed by atoms with van der Waals surface area (Å²) in [5.74, 6) is -0.776. The number of aromatic nitrogens is 2. The molecule has 0 bridgehead atoms. The largest absolute Gasteiger partial charge is 0.573 e. The second-order valence-corrected chi connectivity index (χ2v) is 6.11. The number of aryl methyl sites for hydroxylation is 1. The lowest BCUT2D eigenvalue weighted by atomic mass is 10.2. The molecule has 136 valence electrons. The summed E-state index contributed by atoms with van der Waals surface area (Å²) in [6.45, 7) is 1.77. The quantitative estimate of drug-likeness (QED) is 0.594. The predicted molar refractivity (Wildman–Crippen MR) is 82.2 cm³/mol. The zero-order chi connectivity index (χ0) is 18.6. The highest BCUT2D eigenvalue weighted by Gasteiger charge is 2.31. The number of rotatable bonds is 6. The molecule has 1 amide bonds. The summed E-state index contributed by atoms with van der Waals surface area (Å²) in [7, 11) is 1.57. The van der Waals surface area contributed by atoms with Crippen molar-refractivity contribution in [3.8, 4) is 5.75 Å². The number of halogens is 3. The Morgan fingerprint density at radius 2 is 2.04 bits per heavy atom. The van der Waals surface area contributed by atoms with Crippen molar-refractivity contribution in [3.05, 3.63) is 34.7 Å². The van der Waals surface area contributed by atoms with Gasteiger partial charge < -0.3 is 10.1 Å². The van der Waals surface area contributed by atoms with Crippen LogP contribution in [0, 0.1) is 0 Å². The van der Waals surface area contributed by atoms with Gasteiger partial charge in [-0.15, -0.1) is 13.2 Å². The number of hydrogen-bond donors (Lipinski definition) is 2. The van der Waals surface area contributed by atoms with Crippen LogP contribution in [0.1, 0.15) is 13.3 Å². The fraction of sp³-hybridized carbons (Fsp3) is 0.357. The van der Waals surface area contributed by atoms with Crippen LogP contribution in [-0.4, -0.2) is 22.8 Å². The van der Waals surface area contributed by atoms with E-state index in [-0.39, 0.29) is 10.8 Å². The first kappa shape index (κ1) is 18.9. The van der Waals surface area contributed by atoms with Gasteiger partial charge in [0, 0.05) is 5.69 Å². The molecule has 0 fully saturated rings. The molecule has 1 heterocycles. The van der Waals surface area contributed by atoms with Gasteiger partial charge in [0.25, 0.3) is 0 Å². The summed E-state index contributed by atoms with van der Waals surface area (Å²) in [6.07, 6.45) is -4.35. The van der Waals surface area contributed by atoms with Gasteiger partial charge in [0.1, 0.15) is 5.75 Å². The van der Waals surface area contributed by atoms with Gasteiger partial charge in [-0.3, -0.25) is 9.32 Å². The topological polar surface area (TPSA) is 88.2 Å². The molecule has 0 saturated heterocycles. The normalized spacial score (nSPS) is 12.7. The highest BCUT2D eigenvalue weighted by atomic mass is 32.2. The molecule has 0 saturated carbocycles. The van der Waals surface area contributed by atoms with Crippen LogP contribution >= 0.6 is 11.8 Å². The molecule has 11 heteroatoms. The van der Waals surface area contributed by atoms with E-state index < -0.39 is 23.1 Å². The molecule has 1 aromatic heterocycles. The molecular formula is C14H15F3N3O4S+. The molecule has 0 aliphatic rings. The number of ether oxygens (including phenoxy) is 1. The van der Waals surface area contributed by atoms with Gasteiger partial charge in [-0.2, -0.15) is 0 Å². The number of aromatic amines is 1. The molecule has 2 aromatic rings. The minimum Gasteiger partial charge on any atom is -0.406 e. The number of thioether (sulfide) groups is 1. The van der Waals surface area contributed by atoms with Gasteiger partial charge in [-0.25, -0.2) is 4.79 Å². The average Bonchev–Trinajstić information content (AvgIpc) is 2.84. The minimum atomic E-state index is -4.78. The van der Waals surface area contributed by atoms with E-state index in [0.29, 0.717) is 12.1 Å². The maximum atomic E-state index is 12.3. The standard InChI is InChI=1S/C14H14F3N3O4S/c1-3-10(25-12-13(22)24-19-20(12)2)11(21)18-8-4-6-9(7-5-8)23-14(15,16)17/h4-7,10H,3H2,1-2H3,(H-,18,19,21,22)/p+1. The smallest absolute Gasteiger partial charge is 0.406 e. The summed E-state index contributed by atoms with van der Waals surface area (Å²) in [5.41, 5.74) is -0.281. The maximum absolute atomic E-state index is 12.3. The number of benzene rings is 1. The third-order valence-electron chi connectivity index (χ3n) is 3.03. The third-order valence-corrected chi connectivity index (χ3v) is 4.52. The average molecular weight is 378 g/mol. The molecule has 0 radical (unpaired) electrons. The minimum absolute atomic E-state index is 0.232. The zero-order valence-electron chi connectivity index (χ0n) is 13.2. The Kier molecular flexibility index (Phi) is 5.77.